The lowest BCUT2D eigenvalue weighted by Gasteiger charge is -2.05. The number of fused-ring (bicyclic) bond motifs is 1. The normalized spacial score (nSPS) is 11.2. The molecular weight excluding hydrogens is 410 g/mol. The molecule has 0 atom stereocenters. The average molecular weight is 428 g/mol. The van der Waals surface area contributed by atoms with Crippen LogP contribution in [0.4, 0.5) is 0 Å². The maximum atomic E-state index is 4.84. The molecule has 136 valence electrons. The van der Waals surface area contributed by atoms with E-state index in [1.54, 1.807) is 0 Å². The number of benzene rings is 3. The van der Waals surface area contributed by atoms with Crippen LogP contribution >= 0.6 is 15.9 Å². The molecule has 3 nitrogen and oxygen atoms in total. The second kappa shape index (κ2) is 6.80. The molecule has 2 heterocycles. The first-order chi connectivity index (χ1) is 13.7. The van der Waals surface area contributed by atoms with Gasteiger partial charge in [0.25, 0.3) is 0 Å². The number of nitrogens with zero attached hydrogens (tertiary/aromatic N) is 3. The second-order valence-electron chi connectivity index (χ2n) is 6.86. The van der Waals surface area contributed by atoms with Gasteiger partial charge in [0, 0.05) is 29.5 Å². The fraction of sp³-hybridized carbons (Fsp3) is 0.0417. The lowest BCUT2D eigenvalue weighted by atomic mass is 10.0. The van der Waals surface area contributed by atoms with Crippen LogP contribution in [0.1, 0.15) is 0 Å². The predicted molar refractivity (Wildman–Crippen MR) is 118 cm³/mol. The van der Waals surface area contributed by atoms with Gasteiger partial charge in [-0.1, -0.05) is 82.7 Å². The Morgan fingerprint density at radius 2 is 1.39 bits per heavy atom. The van der Waals surface area contributed by atoms with Crippen LogP contribution in [-0.2, 0) is 7.05 Å². The minimum atomic E-state index is 0.928. The molecule has 0 aliphatic carbocycles. The van der Waals surface area contributed by atoms with E-state index in [4.69, 9.17) is 4.98 Å². The van der Waals surface area contributed by atoms with Gasteiger partial charge in [-0.05, 0) is 28.8 Å². The van der Waals surface area contributed by atoms with E-state index in [1.165, 1.54) is 16.7 Å². The molecule has 0 aliphatic heterocycles. The van der Waals surface area contributed by atoms with E-state index in [-0.39, 0.29) is 0 Å². The van der Waals surface area contributed by atoms with Gasteiger partial charge in [0.2, 0.25) is 5.78 Å². The Kier molecular flexibility index (Phi) is 4.14. The van der Waals surface area contributed by atoms with Gasteiger partial charge in [0.1, 0.15) is 0 Å². The molecule has 0 amide bonds. The lowest BCUT2D eigenvalue weighted by molar-refractivity contribution is 0.945. The SMILES string of the molecule is Cn1c(-c2ccc(-c3ccccc3)cc2)cn2cc(-c3cccc(Br)c3)nc12. The highest BCUT2D eigenvalue weighted by Gasteiger charge is 2.12. The van der Waals surface area contributed by atoms with Crippen LogP contribution in [0.25, 0.3) is 39.4 Å². The van der Waals surface area contributed by atoms with Crippen LogP contribution < -0.4 is 0 Å². The summed E-state index contributed by atoms with van der Waals surface area (Å²) in [5, 5.41) is 0. The third kappa shape index (κ3) is 2.96. The van der Waals surface area contributed by atoms with E-state index in [9.17, 15) is 0 Å². The zero-order valence-corrected chi connectivity index (χ0v) is 17.0. The third-order valence-electron chi connectivity index (χ3n) is 5.04. The Hall–Kier alpha value is -3.11. The number of aromatic nitrogens is 3. The van der Waals surface area contributed by atoms with E-state index in [1.807, 2.05) is 18.2 Å². The molecular formula is C24H18BrN3. The van der Waals surface area contributed by atoms with Crippen LogP contribution in [-0.4, -0.2) is 14.0 Å². The molecule has 0 N–H and O–H groups in total. The number of aryl methyl sites for hydroxylation is 1. The quantitative estimate of drug-likeness (QED) is 0.324. The topological polar surface area (TPSA) is 22.2 Å². The first-order valence-corrected chi connectivity index (χ1v) is 9.94. The predicted octanol–water partition coefficient (Wildman–Crippen LogP) is 6.44. The van der Waals surface area contributed by atoms with E-state index < -0.39 is 0 Å². The van der Waals surface area contributed by atoms with Crippen molar-refractivity contribution in [3.05, 3.63) is 95.7 Å². The van der Waals surface area contributed by atoms with Crippen molar-refractivity contribution in [1.82, 2.24) is 14.0 Å². The highest BCUT2D eigenvalue weighted by Crippen LogP contribution is 2.28. The molecule has 28 heavy (non-hydrogen) atoms. The maximum absolute atomic E-state index is 4.84. The standard InChI is InChI=1S/C24H18BrN3/c1-27-23(19-12-10-18(11-13-19)17-6-3-2-4-7-17)16-28-15-22(26-24(27)28)20-8-5-9-21(25)14-20/h2-16H,1H3. The minimum absolute atomic E-state index is 0.928. The number of hydrogen-bond acceptors (Lipinski definition) is 1. The fourth-order valence-electron chi connectivity index (χ4n) is 3.57. The Morgan fingerprint density at radius 3 is 2.11 bits per heavy atom. The van der Waals surface area contributed by atoms with Gasteiger partial charge in [0.05, 0.1) is 11.4 Å². The molecule has 0 saturated carbocycles. The van der Waals surface area contributed by atoms with Crippen molar-refractivity contribution in [3.63, 3.8) is 0 Å². The molecule has 0 unspecified atom stereocenters. The van der Waals surface area contributed by atoms with E-state index in [0.717, 1.165) is 27.2 Å². The average Bonchev–Trinajstić information content (AvgIpc) is 3.28. The number of rotatable bonds is 3. The molecule has 5 rings (SSSR count). The monoisotopic (exact) mass is 427 g/mol. The minimum Gasteiger partial charge on any atom is -0.313 e. The molecule has 0 spiro atoms. The molecule has 3 aromatic carbocycles. The molecule has 0 aliphatic rings. The summed E-state index contributed by atoms with van der Waals surface area (Å²) in [6.45, 7) is 0. The van der Waals surface area contributed by atoms with Crippen molar-refractivity contribution < 1.29 is 0 Å². The Bertz CT molecular complexity index is 1260. The van der Waals surface area contributed by atoms with Crippen molar-refractivity contribution in [2.45, 2.75) is 0 Å². The molecule has 0 fully saturated rings. The van der Waals surface area contributed by atoms with Crippen molar-refractivity contribution in [2.75, 3.05) is 0 Å². The van der Waals surface area contributed by atoms with Crippen LogP contribution in [0.3, 0.4) is 0 Å². The second-order valence-corrected chi connectivity index (χ2v) is 7.78. The molecule has 5 aromatic rings. The van der Waals surface area contributed by atoms with Gasteiger partial charge in [-0.2, -0.15) is 0 Å². The molecule has 2 aromatic heterocycles. The van der Waals surface area contributed by atoms with Crippen molar-refractivity contribution in [3.8, 4) is 33.6 Å². The first kappa shape index (κ1) is 17.0. The molecule has 0 bridgehead atoms. The Balaban J connectivity index is 1.51. The third-order valence-corrected chi connectivity index (χ3v) is 5.54. The maximum Gasteiger partial charge on any atom is 0.214 e. The highest BCUT2D eigenvalue weighted by molar-refractivity contribution is 9.10. The summed E-state index contributed by atoms with van der Waals surface area (Å²) in [4.78, 5) is 4.84. The van der Waals surface area contributed by atoms with Gasteiger partial charge >= 0.3 is 0 Å². The summed E-state index contributed by atoms with van der Waals surface area (Å²) in [6, 6.07) is 27.4. The van der Waals surface area contributed by atoms with Crippen LogP contribution in [0, 0.1) is 0 Å². The van der Waals surface area contributed by atoms with Crippen LogP contribution in [0.5, 0.6) is 0 Å². The highest BCUT2D eigenvalue weighted by atomic mass is 79.9. The van der Waals surface area contributed by atoms with E-state index in [2.05, 4.69) is 105 Å². The molecule has 4 heteroatoms. The lowest BCUT2D eigenvalue weighted by Crippen LogP contribution is -1.93. The summed E-state index contributed by atoms with van der Waals surface area (Å²) in [6.07, 6.45) is 4.22. The van der Waals surface area contributed by atoms with E-state index in [0.29, 0.717) is 0 Å². The Labute approximate surface area is 172 Å². The summed E-state index contributed by atoms with van der Waals surface area (Å²) in [5.74, 6) is 0.928. The van der Waals surface area contributed by atoms with Gasteiger partial charge in [-0.25, -0.2) is 4.98 Å². The van der Waals surface area contributed by atoms with Crippen molar-refractivity contribution in [2.24, 2.45) is 7.05 Å². The van der Waals surface area contributed by atoms with Crippen LogP contribution in [0.2, 0.25) is 0 Å². The number of hydrogen-bond donors (Lipinski definition) is 0. The largest absolute Gasteiger partial charge is 0.313 e. The summed E-state index contributed by atoms with van der Waals surface area (Å²) in [7, 11) is 2.06. The van der Waals surface area contributed by atoms with Gasteiger partial charge in [-0.3, -0.25) is 4.40 Å². The van der Waals surface area contributed by atoms with Gasteiger partial charge in [-0.15, -0.1) is 0 Å². The molecule has 0 saturated heterocycles. The van der Waals surface area contributed by atoms with Gasteiger partial charge in [0.15, 0.2) is 0 Å². The summed E-state index contributed by atoms with van der Waals surface area (Å²) >= 11 is 3.53. The van der Waals surface area contributed by atoms with Crippen molar-refractivity contribution in [1.29, 1.82) is 0 Å². The zero-order valence-electron chi connectivity index (χ0n) is 15.4. The zero-order chi connectivity index (χ0) is 19.1. The smallest absolute Gasteiger partial charge is 0.214 e. The first-order valence-electron chi connectivity index (χ1n) is 9.15. The summed E-state index contributed by atoms with van der Waals surface area (Å²) in [5.41, 5.74) is 6.85. The number of halogens is 1. The van der Waals surface area contributed by atoms with Crippen LogP contribution in [0.15, 0.2) is 95.7 Å². The van der Waals surface area contributed by atoms with Gasteiger partial charge < -0.3 is 4.57 Å². The van der Waals surface area contributed by atoms with Crippen molar-refractivity contribution >= 4 is 21.7 Å². The summed E-state index contributed by atoms with van der Waals surface area (Å²) < 4.78 is 5.29. The fourth-order valence-corrected chi connectivity index (χ4v) is 3.97. The number of imidazole rings is 2. The van der Waals surface area contributed by atoms with E-state index >= 15 is 0 Å². The Morgan fingerprint density at radius 1 is 0.714 bits per heavy atom. The molecule has 0 radical (unpaired) electrons.